The van der Waals surface area contributed by atoms with E-state index in [1.165, 1.54) is 0 Å². The maximum Gasteiger partial charge on any atom is 0.407 e. The molecule has 5 heteroatoms. The fraction of sp³-hybridized carbons (Fsp3) is 0.917. The SMILES string of the molecule is CC(CO)N1CC[C@@H](NC(=O)OC(C)(C)C)C1. The number of ether oxygens (including phenoxy) is 1. The third-order valence-corrected chi connectivity index (χ3v) is 2.83. The number of likely N-dealkylation sites (tertiary alicyclic amines) is 1. The van der Waals surface area contributed by atoms with Gasteiger partial charge in [-0.1, -0.05) is 0 Å². The Kier molecular flexibility index (Phi) is 4.77. The van der Waals surface area contributed by atoms with Gasteiger partial charge in [0.05, 0.1) is 6.61 Å². The number of aliphatic hydroxyl groups is 1. The lowest BCUT2D eigenvalue weighted by Crippen LogP contribution is -2.42. The molecule has 0 aromatic rings. The Morgan fingerprint density at radius 1 is 1.59 bits per heavy atom. The number of carbonyl (C=O) groups is 1. The molecule has 0 spiro atoms. The van der Waals surface area contributed by atoms with Crippen molar-refractivity contribution in [2.75, 3.05) is 19.7 Å². The van der Waals surface area contributed by atoms with Crippen molar-refractivity contribution >= 4 is 6.09 Å². The maximum absolute atomic E-state index is 11.6. The first kappa shape index (κ1) is 14.3. The van der Waals surface area contributed by atoms with Crippen molar-refractivity contribution in [1.29, 1.82) is 0 Å². The minimum absolute atomic E-state index is 0.124. The molecule has 1 fully saturated rings. The van der Waals surface area contributed by atoms with E-state index < -0.39 is 5.60 Å². The first-order chi connectivity index (χ1) is 7.81. The summed E-state index contributed by atoms with van der Waals surface area (Å²) in [6.07, 6.45) is 0.546. The van der Waals surface area contributed by atoms with E-state index in [-0.39, 0.29) is 24.8 Å². The maximum atomic E-state index is 11.6. The molecule has 0 bridgehead atoms. The number of carbonyl (C=O) groups excluding carboxylic acids is 1. The first-order valence-corrected chi connectivity index (χ1v) is 6.16. The minimum Gasteiger partial charge on any atom is -0.444 e. The number of alkyl carbamates (subject to hydrolysis) is 1. The van der Waals surface area contributed by atoms with Gasteiger partial charge < -0.3 is 15.2 Å². The molecule has 100 valence electrons. The minimum atomic E-state index is -0.458. The molecule has 2 N–H and O–H groups in total. The van der Waals surface area contributed by atoms with Crippen LogP contribution in [-0.4, -0.2) is 53.5 Å². The highest BCUT2D eigenvalue weighted by molar-refractivity contribution is 5.68. The zero-order chi connectivity index (χ0) is 13.1. The lowest BCUT2D eigenvalue weighted by Gasteiger charge is -2.23. The smallest absolute Gasteiger partial charge is 0.407 e. The Balaban J connectivity index is 2.33. The van der Waals surface area contributed by atoms with Gasteiger partial charge in [-0.25, -0.2) is 4.79 Å². The van der Waals surface area contributed by atoms with Crippen LogP contribution in [0.4, 0.5) is 4.79 Å². The van der Waals surface area contributed by atoms with E-state index in [9.17, 15) is 4.79 Å². The number of aliphatic hydroxyl groups excluding tert-OH is 1. The van der Waals surface area contributed by atoms with Gasteiger partial charge in [-0.2, -0.15) is 0 Å². The topological polar surface area (TPSA) is 61.8 Å². The van der Waals surface area contributed by atoms with Crippen LogP contribution in [0.1, 0.15) is 34.1 Å². The van der Waals surface area contributed by atoms with Crippen LogP contribution in [0.3, 0.4) is 0 Å². The van der Waals surface area contributed by atoms with Gasteiger partial charge in [0.2, 0.25) is 0 Å². The second-order valence-electron chi connectivity index (χ2n) is 5.66. The molecule has 2 atom stereocenters. The number of nitrogens with zero attached hydrogens (tertiary/aromatic N) is 1. The van der Waals surface area contributed by atoms with Gasteiger partial charge >= 0.3 is 6.09 Å². The van der Waals surface area contributed by atoms with Crippen molar-refractivity contribution in [3.63, 3.8) is 0 Å². The fourth-order valence-corrected chi connectivity index (χ4v) is 1.90. The fourth-order valence-electron chi connectivity index (χ4n) is 1.90. The predicted molar refractivity (Wildman–Crippen MR) is 65.9 cm³/mol. The highest BCUT2D eigenvalue weighted by atomic mass is 16.6. The quantitative estimate of drug-likeness (QED) is 0.776. The van der Waals surface area contributed by atoms with E-state index in [0.717, 1.165) is 19.5 Å². The Hall–Kier alpha value is -0.810. The van der Waals surface area contributed by atoms with Crippen LogP contribution >= 0.6 is 0 Å². The largest absolute Gasteiger partial charge is 0.444 e. The molecule has 0 aromatic heterocycles. The molecule has 0 saturated carbocycles. The summed E-state index contributed by atoms with van der Waals surface area (Å²) in [6, 6.07) is 0.277. The van der Waals surface area contributed by atoms with Crippen molar-refractivity contribution < 1.29 is 14.6 Å². The van der Waals surface area contributed by atoms with Crippen molar-refractivity contribution in [3.05, 3.63) is 0 Å². The van der Waals surface area contributed by atoms with Crippen LogP contribution in [0.5, 0.6) is 0 Å². The summed E-state index contributed by atoms with van der Waals surface area (Å²) in [7, 11) is 0. The first-order valence-electron chi connectivity index (χ1n) is 6.16. The average Bonchev–Trinajstić information content (AvgIpc) is 2.62. The summed E-state index contributed by atoms with van der Waals surface area (Å²) in [5.41, 5.74) is -0.458. The van der Waals surface area contributed by atoms with Crippen molar-refractivity contribution in [2.24, 2.45) is 0 Å². The highest BCUT2D eigenvalue weighted by Gasteiger charge is 2.28. The van der Waals surface area contributed by atoms with Gasteiger partial charge in [0.1, 0.15) is 5.60 Å². The van der Waals surface area contributed by atoms with E-state index in [2.05, 4.69) is 10.2 Å². The van der Waals surface area contributed by atoms with Crippen LogP contribution in [0.15, 0.2) is 0 Å². The molecule has 1 amide bonds. The zero-order valence-electron chi connectivity index (χ0n) is 11.2. The molecule has 1 unspecified atom stereocenters. The standard InChI is InChI=1S/C12H24N2O3/c1-9(8-15)14-6-5-10(7-14)13-11(16)17-12(2,3)4/h9-10,15H,5-8H2,1-4H3,(H,13,16)/t9?,10-/m1/s1. The van der Waals surface area contributed by atoms with Gasteiger partial charge in [-0.05, 0) is 34.1 Å². The van der Waals surface area contributed by atoms with Gasteiger partial charge in [0, 0.05) is 25.2 Å². The average molecular weight is 244 g/mol. The predicted octanol–water partition coefficient (Wildman–Crippen LogP) is 0.966. The van der Waals surface area contributed by atoms with E-state index >= 15 is 0 Å². The monoisotopic (exact) mass is 244 g/mol. The third-order valence-electron chi connectivity index (χ3n) is 2.83. The van der Waals surface area contributed by atoms with Crippen LogP contribution in [0.2, 0.25) is 0 Å². The van der Waals surface area contributed by atoms with Gasteiger partial charge in [0.25, 0.3) is 0 Å². The second kappa shape index (κ2) is 5.69. The molecular weight excluding hydrogens is 220 g/mol. The molecule has 1 heterocycles. The Morgan fingerprint density at radius 2 is 2.24 bits per heavy atom. The van der Waals surface area contributed by atoms with Gasteiger partial charge in [0.15, 0.2) is 0 Å². The van der Waals surface area contributed by atoms with Crippen LogP contribution in [-0.2, 0) is 4.74 Å². The van der Waals surface area contributed by atoms with E-state index in [0.29, 0.717) is 0 Å². The molecule has 17 heavy (non-hydrogen) atoms. The Bertz CT molecular complexity index is 263. The Labute approximate surface area is 103 Å². The lowest BCUT2D eigenvalue weighted by molar-refractivity contribution is 0.0503. The molecule has 1 saturated heterocycles. The summed E-state index contributed by atoms with van der Waals surface area (Å²) < 4.78 is 5.20. The summed E-state index contributed by atoms with van der Waals surface area (Å²) in [6.45, 7) is 9.36. The molecule has 5 nitrogen and oxygen atoms in total. The van der Waals surface area contributed by atoms with Gasteiger partial charge in [-0.15, -0.1) is 0 Å². The Morgan fingerprint density at radius 3 is 2.76 bits per heavy atom. The summed E-state index contributed by atoms with van der Waals surface area (Å²) in [5, 5.41) is 11.9. The van der Waals surface area contributed by atoms with Crippen LogP contribution in [0, 0.1) is 0 Å². The zero-order valence-corrected chi connectivity index (χ0v) is 11.2. The molecule has 1 rings (SSSR count). The van der Waals surface area contributed by atoms with Crippen LogP contribution in [0.25, 0.3) is 0 Å². The third kappa shape index (κ3) is 4.91. The van der Waals surface area contributed by atoms with E-state index in [4.69, 9.17) is 9.84 Å². The number of nitrogens with one attached hydrogen (secondary N) is 1. The van der Waals surface area contributed by atoms with Crippen molar-refractivity contribution in [3.8, 4) is 0 Å². The van der Waals surface area contributed by atoms with E-state index in [1.807, 2.05) is 27.7 Å². The van der Waals surface area contributed by atoms with Gasteiger partial charge in [-0.3, -0.25) is 4.90 Å². The normalized spacial score (nSPS) is 23.5. The van der Waals surface area contributed by atoms with E-state index in [1.54, 1.807) is 0 Å². The summed E-state index contributed by atoms with van der Waals surface area (Å²) in [4.78, 5) is 13.7. The number of hydrogen-bond acceptors (Lipinski definition) is 4. The lowest BCUT2D eigenvalue weighted by atomic mass is 10.2. The number of amides is 1. The molecule has 1 aliphatic rings. The second-order valence-corrected chi connectivity index (χ2v) is 5.66. The molecule has 0 aromatic carbocycles. The summed E-state index contributed by atoms with van der Waals surface area (Å²) in [5.74, 6) is 0. The molecule has 1 aliphatic heterocycles. The molecular formula is C12H24N2O3. The number of hydrogen-bond donors (Lipinski definition) is 2. The van der Waals surface area contributed by atoms with Crippen LogP contribution < -0.4 is 5.32 Å². The number of rotatable bonds is 3. The van der Waals surface area contributed by atoms with Crippen molar-refractivity contribution in [1.82, 2.24) is 10.2 Å². The summed E-state index contributed by atoms with van der Waals surface area (Å²) >= 11 is 0. The molecule has 0 aliphatic carbocycles. The highest BCUT2D eigenvalue weighted by Crippen LogP contribution is 2.13. The van der Waals surface area contributed by atoms with Crippen molar-refractivity contribution in [2.45, 2.75) is 51.8 Å². The molecule has 0 radical (unpaired) electrons.